The van der Waals surface area contributed by atoms with Gasteiger partial charge in [0.2, 0.25) is 0 Å². The Labute approximate surface area is 180 Å². The van der Waals surface area contributed by atoms with Gasteiger partial charge in [-0.25, -0.2) is 13.8 Å². The molecule has 0 bridgehead atoms. The van der Waals surface area contributed by atoms with Crippen molar-refractivity contribution in [2.45, 2.75) is 63.4 Å². The normalized spacial score (nSPS) is 26.3. The second-order valence-corrected chi connectivity index (χ2v) is 7.99. The third-order valence-corrected chi connectivity index (χ3v) is 6.00. The van der Waals surface area contributed by atoms with Gasteiger partial charge >= 0.3 is 6.18 Å². The van der Waals surface area contributed by atoms with Crippen molar-refractivity contribution < 1.29 is 31.5 Å². The van der Waals surface area contributed by atoms with Crippen molar-refractivity contribution in [3.63, 3.8) is 0 Å². The number of imidazole rings is 1. The van der Waals surface area contributed by atoms with Crippen LogP contribution in [0.25, 0.3) is 0 Å². The van der Waals surface area contributed by atoms with Gasteiger partial charge in [0.1, 0.15) is 17.7 Å². The number of rotatable bonds is 4. The highest BCUT2D eigenvalue weighted by Crippen LogP contribution is 2.42. The molecule has 0 aliphatic carbocycles. The first-order valence-corrected chi connectivity index (χ1v) is 10.1. The summed E-state index contributed by atoms with van der Waals surface area (Å²) in [6, 6.07) is 0.331. The first-order valence-electron chi connectivity index (χ1n) is 10.1. The van der Waals surface area contributed by atoms with Gasteiger partial charge < -0.3 is 20.8 Å². The number of benzene rings is 1. The molecular weight excluding hydrogens is 437 g/mol. The molecule has 0 saturated carbocycles. The summed E-state index contributed by atoms with van der Waals surface area (Å²) in [6.07, 6.45) is -8.66. The molecule has 2 aliphatic rings. The molecular formula is C20H22F5N5O2. The number of halogens is 5. The lowest BCUT2D eigenvalue weighted by molar-refractivity contribution is -0.269. The van der Waals surface area contributed by atoms with E-state index in [0.717, 1.165) is 18.2 Å². The number of ether oxygens (including phenoxy) is 1. The molecule has 1 saturated heterocycles. The molecule has 7 nitrogen and oxygen atoms in total. The van der Waals surface area contributed by atoms with Crippen LogP contribution in [0.3, 0.4) is 0 Å². The fourth-order valence-electron chi connectivity index (χ4n) is 4.59. The van der Waals surface area contributed by atoms with E-state index in [1.165, 1.54) is 4.90 Å². The van der Waals surface area contributed by atoms with Crippen molar-refractivity contribution in [2.75, 3.05) is 0 Å². The van der Waals surface area contributed by atoms with Crippen LogP contribution in [-0.2, 0) is 24.4 Å². The van der Waals surface area contributed by atoms with E-state index in [4.69, 9.17) is 16.2 Å². The van der Waals surface area contributed by atoms with E-state index in [9.17, 15) is 26.7 Å². The number of aromatic nitrogens is 2. The van der Waals surface area contributed by atoms with Gasteiger partial charge in [0.05, 0.1) is 11.4 Å². The average molecular weight is 459 g/mol. The van der Waals surface area contributed by atoms with E-state index in [2.05, 4.69) is 4.98 Å². The zero-order valence-corrected chi connectivity index (χ0v) is 17.1. The number of fused-ring (bicyclic) bond motifs is 1. The van der Waals surface area contributed by atoms with Crippen molar-refractivity contribution >= 4 is 5.91 Å². The van der Waals surface area contributed by atoms with Crippen molar-refractivity contribution in [1.29, 1.82) is 0 Å². The van der Waals surface area contributed by atoms with E-state index in [1.54, 1.807) is 11.5 Å². The van der Waals surface area contributed by atoms with Crippen LogP contribution >= 0.6 is 0 Å². The van der Waals surface area contributed by atoms with Gasteiger partial charge in [0.15, 0.2) is 11.9 Å². The number of carbonyl (C=O) groups is 1. The second-order valence-electron chi connectivity index (χ2n) is 7.99. The molecule has 0 unspecified atom stereocenters. The summed E-state index contributed by atoms with van der Waals surface area (Å²) in [5.74, 6) is -2.35. The molecule has 1 amide bonds. The SMILES string of the molecule is CCn1c(C(N)=O)nc2c1CN([C@@H]1C[C@H](N)[C@@H](c3cc(F)ccc3F)O[C@@H]1C(F)(F)F)C2. The van der Waals surface area contributed by atoms with E-state index >= 15 is 0 Å². The van der Waals surface area contributed by atoms with Gasteiger partial charge in [-0.05, 0) is 31.5 Å². The summed E-state index contributed by atoms with van der Waals surface area (Å²) in [7, 11) is 0. The summed E-state index contributed by atoms with van der Waals surface area (Å²) in [6.45, 7) is 2.29. The largest absolute Gasteiger partial charge is 0.416 e. The monoisotopic (exact) mass is 459 g/mol. The average Bonchev–Trinajstić information content (AvgIpc) is 3.26. The van der Waals surface area contributed by atoms with Crippen LogP contribution in [0.5, 0.6) is 0 Å². The second kappa shape index (κ2) is 8.09. The van der Waals surface area contributed by atoms with Crippen LogP contribution in [0.2, 0.25) is 0 Å². The number of hydrogen-bond acceptors (Lipinski definition) is 5. The molecule has 2 aliphatic heterocycles. The number of nitrogens with zero attached hydrogens (tertiary/aromatic N) is 3. The fourth-order valence-corrected chi connectivity index (χ4v) is 4.59. The zero-order chi connectivity index (χ0) is 23.4. The van der Waals surface area contributed by atoms with Crippen LogP contribution in [0.1, 0.15) is 47.0 Å². The van der Waals surface area contributed by atoms with Crippen LogP contribution in [0, 0.1) is 11.6 Å². The van der Waals surface area contributed by atoms with Gasteiger partial charge in [-0.15, -0.1) is 0 Å². The van der Waals surface area contributed by atoms with Crippen LogP contribution < -0.4 is 11.5 Å². The van der Waals surface area contributed by atoms with E-state index in [1.807, 2.05) is 0 Å². The number of nitrogens with two attached hydrogens (primary N) is 2. The van der Waals surface area contributed by atoms with E-state index < -0.39 is 48.0 Å². The van der Waals surface area contributed by atoms with E-state index in [-0.39, 0.29) is 30.9 Å². The molecule has 0 spiro atoms. The Bertz CT molecular complexity index is 1040. The molecule has 1 aromatic carbocycles. The molecule has 2 aromatic rings. The summed E-state index contributed by atoms with van der Waals surface area (Å²) in [4.78, 5) is 17.3. The number of hydrogen-bond donors (Lipinski definition) is 2. The van der Waals surface area contributed by atoms with E-state index in [0.29, 0.717) is 17.9 Å². The predicted molar refractivity (Wildman–Crippen MR) is 102 cm³/mol. The highest BCUT2D eigenvalue weighted by atomic mass is 19.4. The molecule has 1 fully saturated rings. The molecule has 3 heterocycles. The number of alkyl halides is 3. The van der Waals surface area contributed by atoms with Gasteiger partial charge in [-0.1, -0.05) is 0 Å². The van der Waals surface area contributed by atoms with Gasteiger partial charge in [-0.2, -0.15) is 13.2 Å². The Morgan fingerprint density at radius 1 is 1.28 bits per heavy atom. The molecule has 0 radical (unpaired) electrons. The number of amides is 1. The minimum Gasteiger partial charge on any atom is -0.363 e. The lowest BCUT2D eigenvalue weighted by Gasteiger charge is -2.44. The Hall–Kier alpha value is -2.57. The maximum atomic E-state index is 14.2. The van der Waals surface area contributed by atoms with Crippen LogP contribution in [0.15, 0.2) is 18.2 Å². The maximum Gasteiger partial charge on any atom is 0.416 e. The molecule has 32 heavy (non-hydrogen) atoms. The van der Waals surface area contributed by atoms with Gasteiger partial charge in [0, 0.05) is 37.3 Å². The minimum absolute atomic E-state index is 0.0505. The zero-order valence-electron chi connectivity index (χ0n) is 17.1. The van der Waals surface area contributed by atoms with Crippen molar-refractivity contribution in [2.24, 2.45) is 11.5 Å². The fraction of sp³-hybridized carbons (Fsp3) is 0.500. The summed E-state index contributed by atoms with van der Waals surface area (Å²) in [5.41, 5.74) is 12.2. The number of carbonyl (C=O) groups excluding carboxylic acids is 1. The van der Waals surface area contributed by atoms with Crippen molar-refractivity contribution in [3.05, 3.63) is 52.6 Å². The summed E-state index contributed by atoms with van der Waals surface area (Å²) in [5, 5.41) is 0. The third-order valence-electron chi connectivity index (χ3n) is 6.00. The lowest BCUT2D eigenvalue weighted by Crippen LogP contribution is -2.58. The van der Waals surface area contributed by atoms with Gasteiger partial charge in [-0.3, -0.25) is 9.69 Å². The van der Waals surface area contributed by atoms with Gasteiger partial charge in [0.25, 0.3) is 5.91 Å². The first kappa shape index (κ1) is 22.6. The van der Waals surface area contributed by atoms with Crippen molar-refractivity contribution in [1.82, 2.24) is 14.5 Å². The smallest absolute Gasteiger partial charge is 0.363 e. The Morgan fingerprint density at radius 3 is 2.62 bits per heavy atom. The standard InChI is InChI=1S/C20H22F5N5O2/c1-2-30-15-8-29(7-13(15)28-19(30)18(27)31)14-6-12(26)16(32-17(14)20(23,24)25)10-5-9(21)3-4-11(10)22/h3-5,12,14,16-17H,2,6-8,26H2,1H3,(H2,27,31)/t12-,14+,16+,17-/m0/s1. The molecule has 4 atom stereocenters. The Balaban J connectivity index is 1.63. The summed E-state index contributed by atoms with van der Waals surface area (Å²) < 4.78 is 76.6. The van der Waals surface area contributed by atoms with Crippen LogP contribution in [-0.4, -0.2) is 44.7 Å². The molecule has 174 valence electrons. The molecule has 1 aromatic heterocycles. The quantitative estimate of drug-likeness (QED) is 0.684. The molecule has 4 N–H and O–H groups in total. The molecule has 12 heteroatoms. The minimum atomic E-state index is -4.77. The Morgan fingerprint density at radius 2 is 2.00 bits per heavy atom. The highest BCUT2D eigenvalue weighted by Gasteiger charge is 2.54. The topological polar surface area (TPSA) is 99.4 Å². The predicted octanol–water partition coefficient (Wildman–Crippen LogP) is 2.38. The highest BCUT2D eigenvalue weighted by molar-refractivity contribution is 5.89. The number of primary amides is 1. The van der Waals surface area contributed by atoms with Crippen LogP contribution in [0.4, 0.5) is 22.0 Å². The summed E-state index contributed by atoms with van der Waals surface area (Å²) >= 11 is 0. The third kappa shape index (κ3) is 3.86. The molecule has 4 rings (SSSR count). The lowest BCUT2D eigenvalue weighted by atomic mass is 9.89. The van der Waals surface area contributed by atoms with Crippen molar-refractivity contribution in [3.8, 4) is 0 Å². The Kier molecular flexibility index (Phi) is 5.72. The first-order chi connectivity index (χ1) is 15.0. The maximum absolute atomic E-state index is 14.2.